The fraction of sp³-hybridized carbons (Fsp3) is 0.500. The van der Waals surface area contributed by atoms with Gasteiger partial charge in [0.1, 0.15) is 28.4 Å². The predicted octanol–water partition coefficient (Wildman–Crippen LogP) is 7.24. The van der Waals surface area contributed by atoms with Gasteiger partial charge in [0.25, 0.3) is 0 Å². The molecule has 0 amide bonds. The van der Waals surface area contributed by atoms with Gasteiger partial charge in [0.2, 0.25) is 0 Å². The lowest BCUT2D eigenvalue weighted by molar-refractivity contribution is -0.171. The molecule has 5 atom stereocenters. The van der Waals surface area contributed by atoms with Crippen LogP contribution in [0.2, 0.25) is 0 Å². The van der Waals surface area contributed by atoms with Crippen LogP contribution in [-0.2, 0) is 20.7 Å². The van der Waals surface area contributed by atoms with Crippen LogP contribution >= 0.6 is 0 Å². The number of carbonyl (C=O) groups is 3. The van der Waals surface area contributed by atoms with Crippen LogP contribution in [0.3, 0.4) is 0 Å². The first kappa shape index (κ1) is 32.0. The standard InChI is InChI=1S/C38H44O8/c1-20(2)10-9-15-36(8)16-14-25-29(39)24(12-11-21(3)4)32-28(31(25)44-36)30(40)26-18-23-19-27-35(6,7)46-37(33(23)41,38(26,27)45-32)17-13-22(5)34(42)43/h10-11,13-14,16,18,23,27,39H,9,12,15,17,19H2,1-8H3,(H,42,43)/b22-13+. The van der Waals surface area contributed by atoms with Crippen LogP contribution in [0.15, 0.2) is 52.7 Å². The fourth-order valence-corrected chi connectivity index (χ4v) is 8.16. The van der Waals surface area contributed by atoms with Crippen molar-refractivity contribution in [1.29, 1.82) is 0 Å². The molecule has 1 aromatic rings. The lowest BCUT2D eigenvalue weighted by Crippen LogP contribution is -2.72. The highest BCUT2D eigenvalue weighted by molar-refractivity contribution is 6.19. The van der Waals surface area contributed by atoms with Crippen molar-refractivity contribution in [2.75, 3.05) is 0 Å². The number of carbonyl (C=O) groups excluding carboxylic acids is 2. The fourth-order valence-electron chi connectivity index (χ4n) is 8.16. The number of benzene rings is 1. The molecule has 6 aliphatic rings. The van der Waals surface area contributed by atoms with E-state index < -0.39 is 34.3 Å². The number of allylic oxidation sites excluding steroid dienone is 5. The number of phenols is 1. The van der Waals surface area contributed by atoms with Gasteiger partial charge in [0.05, 0.1) is 11.2 Å². The number of aliphatic carboxylic acids is 1. The molecule has 1 spiro atoms. The number of phenolic OH excluding ortho intramolecular Hbond substituents is 1. The maximum absolute atomic E-state index is 15.0. The first-order chi connectivity index (χ1) is 21.5. The predicted molar refractivity (Wildman–Crippen MR) is 174 cm³/mol. The Hall–Kier alpha value is -3.91. The highest BCUT2D eigenvalue weighted by Crippen LogP contribution is 2.68. The quantitative estimate of drug-likeness (QED) is 0.228. The van der Waals surface area contributed by atoms with E-state index in [-0.39, 0.29) is 58.7 Å². The van der Waals surface area contributed by atoms with Gasteiger partial charge in [-0.05, 0) is 93.2 Å². The zero-order chi connectivity index (χ0) is 33.6. The number of aromatic hydroxyl groups is 1. The Balaban J connectivity index is 1.59. The van der Waals surface area contributed by atoms with Crippen molar-refractivity contribution in [3.8, 4) is 17.2 Å². The zero-order valence-corrected chi connectivity index (χ0v) is 28.0. The SMILES string of the molecule is CC(C)=CCCC1(C)C=Cc2c(O)c(CC=C(C)C)c3c(c2O1)C(=O)C1=CC2CC4C(C)(C)OC(C/C=C(\C)C(=O)O)(C2=O)C14O3. The zero-order valence-electron chi connectivity index (χ0n) is 28.0. The van der Waals surface area contributed by atoms with E-state index in [1.165, 1.54) is 18.6 Å². The minimum absolute atomic E-state index is 0.0375. The number of hydrogen-bond acceptors (Lipinski definition) is 7. The minimum atomic E-state index is -1.63. The van der Waals surface area contributed by atoms with Gasteiger partial charge in [-0.25, -0.2) is 4.79 Å². The van der Waals surface area contributed by atoms with E-state index in [4.69, 9.17) is 14.2 Å². The second-order valence-corrected chi connectivity index (χ2v) is 14.8. The molecule has 1 aromatic carbocycles. The van der Waals surface area contributed by atoms with Crippen LogP contribution in [0.4, 0.5) is 0 Å². The summed E-state index contributed by atoms with van der Waals surface area (Å²) in [6.45, 7) is 15.2. The lowest BCUT2D eigenvalue weighted by Gasteiger charge is -2.56. The second-order valence-electron chi connectivity index (χ2n) is 14.8. The Morgan fingerprint density at radius 2 is 1.70 bits per heavy atom. The molecule has 3 heterocycles. The maximum atomic E-state index is 15.0. The van der Waals surface area contributed by atoms with E-state index in [0.29, 0.717) is 29.5 Å². The molecule has 1 saturated carbocycles. The van der Waals surface area contributed by atoms with E-state index >= 15 is 4.79 Å². The molecule has 4 bridgehead atoms. The Morgan fingerprint density at radius 1 is 1.00 bits per heavy atom. The van der Waals surface area contributed by atoms with Crippen molar-refractivity contribution in [3.05, 3.63) is 69.4 Å². The van der Waals surface area contributed by atoms with Crippen LogP contribution < -0.4 is 9.47 Å². The summed E-state index contributed by atoms with van der Waals surface area (Å²) in [7, 11) is 0. The second kappa shape index (κ2) is 10.6. The summed E-state index contributed by atoms with van der Waals surface area (Å²) >= 11 is 0. The number of fused-ring (bicyclic) bond motifs is 3. The van der Waals surface area contributed by atoms with Crippen LogP contribution in [0, 0.1) is 11.8 Å². The average molecular weight is 629 g/mol. The third-order valence-electron chi connectivity index (χ3n) is 10.5. The number of carboxylic acids is 1. The summed E-state index contributed by atoms with van der Waals surface area (Å²) in [5, 5.41) is 21.5. The van der Waals surface area contributed by atoms with E-state index in [2.05, 4.69) is 6.08 Å². The van der Waals surface area contributed by atoms with Crippen molar-refractivity contribution in [2.45, 2.75) is 110 Å². The Kier molecular flexibility index (Phi) is 7.36. The molecule has 8 nitrogen and oxygen atoms in total. The molecule has 244 valence electrons. The summed E-state index contributed by atoms with van der Waals surface area (Å²) in [6.07, 6.45) is 13.2. The summed E-state index contributed by atoms with van der Waals surface area (Å²) in [6, 6.07) is 0. The molecule has 0 radical (unpaired) electrons. The molecule has 8 heteroatoms. The molecule has 1 saturated heterocycles. The molecule has 7 rings (SSSR count). The van der Waals surface area contributed by atoms with Gasteiger partial charge in [-0.3, -0.25) is 9.59 Å². The third kappa shape index (κ3) is 4.47. The van der Waals surface area contributed by atoms with Crippen molar-refractivity contribution in [3.63, 3.8) is 0 Å². The van der Waals surface area contributed by atoms with Crippen molar-refractivity contribution >= 4 is 23.6 Å². The molecule has 3 aliphatic heterocycles. The normalized spacial score (nSPS) is 31.2. The number of Topliss-reactive ketones (excluding diaryl/α,β-unsaturated/α-hetero) is 2. The van der Waals surface area contributed by atoms with Gasteiger partial charge >= 0.3 is 5.97 Å². The topological polar surface area (TPSA) is 119 Å². The molecule has 3 aliphatic carbocycles. The number of rotatable bonds is 8. The molecule has 2 fully saturated rings. The summed E-state index contributed by atoms with van der Waals surface area (Å²) in [5.74, 6) is -2.17. The average Bonchev–Trinajstić information content (AvgIpc) is 3.12. The first-order valence-electron chi connectivity index (χ1n) is 16.2. The van der Waals surface area contributed by atoms with Crippen LogP contribution in [0.25, 0.3) is 6.08 Å². The van der Waals surface area contributed by atoms with Gasteiger partial charge in [-0.1, -0.05) is 35.5 Å². The number of ketones is 2. The molecule has 2 N–H and O–H groups in total. The van der Waals surface area contributed by atoms with Gasteiger partial charge in [0.15, 0.2) is 22.8 Å². The number of carboxylic acid groups (broad SMARTS) is 1. The summed E-state index contributed by atoms with van der Waals surface area (Å²) in [5.41, 5.74) is -1.01. The van der Waals surface area contributed by atoms with Gasteiger partial charge in [0, 0.05) is 35.0 Å². The number of ether oxygens (including phenoxy) is 3. The highest BCUT2D eigenvalue weighted by atomic mass is 16.6. The number of hydrogen-bond donors (Lipinski definition) is 2. The van der Waals surface area contributed by atoms with Crippen LogP contribution in [-0.4, -0.2) is 50.2 Å². The first-order valence-corrected chi connectivity index (χ1v) is 16.2. The van der Waals surface area contributed by atoms with E-state index in [0.717, 1.165) is 12.0 Å². The Morgan fingerprint density at radius 3 is 2.35 bits per heavy atom. The monoisotopic (exact) mass is 628 g/mol. The molecular weight excluding hydrogens is 584 g/mol. The highest BCUT2D eigenvalue weighted by Gasteiger charge is 2.81. The van der Waals surface area contributed by atoms with Gasteiger partial charge in [-0.2, -0.15) is 0 Å². The van der Waals surface area contributed by atoms with Gasteiger partial charge < -0.3 is 24.4 Å². The molecule has 46 heavy (non-hydrogen) atoms. The van der Waals surface area contributed by atoms with Crippen molar-refractivity contribution in [1.82, 2.24) is 0 Å². The third-order valence-corrected chi connectivity index (χ3v) is 10.5. The largest absolute Gasteiger partial charge is 0.507 e. The minimum Gasteiger partial charge on any atom is -0.507 e. The Labute approximate surface area is 270 Å². The molecular formula is C38H44O8. The Bertz CT molecular complexity index is 1730. The van der Waals surface area contributed by atoms with E-state index in [1.807, 2.05) is 66.7 Å². The van der Waals surface area contributed by atoms with Crippen molar-refractivity contribution < 1.29 is 38.8 Å². The van der Waals surface area contributed by atoms with E-state index in [1.54, 1.807) is 6.08 Å². The summed E-state index contributed by atoms with van der Waals surface area (Å²) in [4.78, 5) is 41.1. The van der Waals surface area contributed by atoms with Crippen LogP contribution in [0.1, 0.15) is 103 Å². The maximum Gasteiger partial charge on any atom is 0.330 e. The summed E-state index contributed by atoms with van der Waals surface area (Å²) < 4.78 is 20.5. The van der Waals surface area contributed by atoms with Crippen molar-refractivity contribution in [2.24, 2.45) is 11.8 Å². The molecule has 5 unspecified atom stereocenters. The van der Waals surface area contributed by atoms with Gasteiger partial charge in [-0.15, -0.1) is 0 Å². The smallest absolute Gasteiger partial charge is 0.330 e. The molecule has 0 aromatic heterocycles. The lowest BCUT2D eigenvalue weighted by atomic mass is 9.51. The van der Waals surface area contributed by atoms with E-state index in [9.17, 15) is 19.8 Å². The van der Waals surface area contributed by atoms with Crippen LogP contribution in [0.5, 0.6) is 17.2 Å².